The van der Waals surface area contributed by atoms with Crippen LogP contribution in [0.5, 0.6) is 0 Å². The van der Waals surface area contributed by atoms with Gasteiger partial charge >= 0.3 is 6.03 Å². The second kappa shape index (κ2) is 6.34. The quantitative estimate of drug-likeness (QED) is 0.712. The van der Waals surface area contributed by atoms with Crippen LogP contribution in [0, 0.1) is 0 Å². The highest BCUT2D eigenvalue weighted by Gasteiger charge is 2.53. The highest BCUT2D eigenvalue weighted by Crippen LogP contribution is 2.40. The van der Waals surface area contributed by atoms with Gasteiger partial charge in [0.2, 0.25) is 0 Å². The zero-order valence-electron chi connectivity index (χ0n) is 15.2. The first-order valence-electron chi connectivity index (χ1n) is 9.41. The molecule has 3 amide bonds. The van der Waals surface area contributed by atoms with Crippen LogP contribution in [0.1, 0.15) is 29.7 Å². The van der Waals surface area contributed by atoms with Gasteiger partial charge in [-0.2, -0.15) is 0 Å². The van der Waals surface area contributed by atoms with Gasteiger partial charge in [0.1, 0.15) is 11.2 Å². The molecule has 1 atom stereocenters. The monoisotopic (exact) mass is 373 g/mol. The van der Waals surface area contributed by atoms with E-state index in [9.17, 15) is 9.59 Å². The van der Waals surface area contributed by atoms with Gasteiger partial charge in [-0.15, -0.1) is 0 Å². The predicted molar refractivity (Wildman–Crippen MR) is 102 cm³/mol. The van der Waals surface area contributed by atoms with Gasteiger partial charge in [-0.25, -0.2) is 4.79 Å². The van der Waals surface area contributed by atoms with E-state index < -0.39 is 5.54 Å². The summed E-state index contributed by atoms with van der Waals surface area (Å²) in [5.41, 5.74) is 2.52. The molecular formula is C22H19N3O3. The Morgan fingerprint density at radius 1 is 1.07 bits per heavy atom. The standard InChI is InChI=1S/C22H19N3O3/c26-20-22(12-6-10-15-7-4-5-11-18(15)22)23-21(27)25(20)14-17-13-19(28-24-17)16-8-2-1-3-9-16/h1-5,7-9,11,13H,6,10,12,14H2,(H,23,27)/t22-/m0/s1. The number of imide groups is 1. The molecular weight excluding hydrogens is 354 g/mol. The molecule has 6 heteroatoms. The molecule has 1 spiro atoms. The number of aryl methyl sites for hydroxylation is 1. The van der Waals surface area contributed by atoms with Gasteiger partial charge in [0.25, 0.3) is 5.91 Å². The van der Waals surface area contributed by atoms with E-state index in [0.29, 0.717) is 17.9 Å². The van der Waals surface area contributed by atoms with Crippen LogP contribution in [0.2, 0.25) is 0 Å². The third-order valence-corrected chi connectivity index (χ3v) is 5.59. The van der Waals surface area contributed by atoms with Crippen molar-refractivity contribution < 1.29 is 14.1 Å². The van der Waals surface area contributed by atoms with E-state index >= 15 is 0 Å². The number of carbonyl (C=O) groups excluding carboxylic acids is 2. The maximum Gasteiger partial charge on any atom is 0.325 e. The van der Waals surface area contributed by atoms with E-state index in [1.165, 1.54) is 4.90 Å². The molecule has 2 aromatic carbocycles. The van der Waals surface area contributed by atoms with E-state index in [4.69, 9.17) is 4.52 Å². The number of urea groups is 1. The molecule has 3 aromatic rings. The minimum absolute atomic E-state index is 0.0882. The number of nitrogens with one attached hydrogen (secondary N) is 1. The van der Waals surface area contributed by atoms with Gasteiger partial charge in [0.05, 0.1) is 6.54 Å². The van der Waals surface area contributed by atoms with E-state index in [2.05, 4.69) is 10.5 Å². The van der Waals surface area contributed by atoms with Crippen LogP contribution < -0.4 is 5.32 Å². The molecule has 0 bridgehead atoms. The first-order chi connectivity index (χ1) is 13.7. The zero-order valence-corrected chi connectivity index (χ0v) is 15.2. The molecule has 1 saturated heterocycles. The average molecular weight is 373 g/mol. The molecule has 0 radical (unpaired) electrons. The number of nitrogens with zero attached hydrogens (tertiary/aromatic N) is 2. The van der Waals surface area contributed by atoms with Crippen molar-refractivity contribution in [3.05, 3.63) is 77.5 Å². The fourth-order valence-corrected chi connectivity index (χ4v) is 4.24. The summed E-state index contributed by atoms with van der Waals surface area (Å²) < 4.78 is 5.41. The molecule has 140 valence electrons. The Kier molecular flexibility index (Phi) is 3.79. The highest BCUT2D eigenvalue weighted by molar-refractivity contribution is 6.07. The molecule has 2 aliphatic rings. The Labute approximate surface area is 162 Å². The SMILES string of the molecule is O=C1N[C@]2(CCCc3ccccc32)C(=O)N1Cc1cc(-c2ccccc2)on1. The normalized spacial score (nSPS) is 21.1. The number of benzene rings is 2. The van der Waals surface area contributed by atoms with Crippen LogP contribution in [-0.2, 0) is 23.3 Å². The molecule has 1 aliphatic carbocycles. The topological polar surface area (TPSA) is 75.4 Å². The number of amides is 3. The van der Waals surface area contributed by atoms with Gasteiger partial charge in [0.15, 0.2) is 5.76 Å². The molecule has 6 nitrogen and oxygen atoms in total. The molecule has 0 saturated carbocycles. The summed E-state index contributed by atoms with van der Waals surface area (Å²) >= 11 is 0. The highest BCUT2D eigenvalue weighted by atomic mass is 16.5. The number of aromatic nitrogens is 1. The summed E-state index contributed by atoms with van der Waals surface area (Å²) in [6.45, 7) is 0.0882. The predicted octanol–water partition coefficient (Wildman–Crippen LogP) is 3.63. The third kappa shape index (κ3) is 2.52. The van der Waals surface area contributed by atoms with Crippen molar-refractivity contribution in [3.63, 3.8) is 0 Å². The van der Waals surface area contributed by atoms with E-state index in [1.54, 1.807) is 6.07 Å². The first-order valence-corrected chi connectivity index (χ1v) is 9.41. The molecule has 0 unspecified atom stereocenters. The van der Waals surface area contributed by atoms with Crippen LogP contribution in [0.4, 0.5) is 4.79 Å². The van der Waals surface area contributed by atoms with Gasteiger partial charge in [-0.1, -0.05) is 59.8 Å². The van der Waals surface area contributed by atoms with Crippen LogP contribution in [-0.4, -0.2) is 22.0 Å². The van der Waals surface area contributed by atoms with Crippen molar-refractivity contribution in [1.82, 2.24) is 15.4 Å². The van der Waals surface area contributed by atoms with Crippen molar-refractivity contribution in [1.29, 1.82) is 0 Å². The van der Waals surface area contributed by atoms with Crippen molar-refractivity contribution in [2.24, 2.45) is 0 Å². The minimum atomic E-state index is -0.960. The largest absolute Gasteiger partial charge is 0.356 e. The van der Waals surface area contributed by atoms with Crippen LogP contribution in [0.3, 0.4) is 0 Å². The molecule has 2 heterocycles. The van der Waals surface area contributed by atoms with Gasteiger partial charge in [0, 0.05) is 11.6 Å². The van der Waals surface area contributed by atoms with Crippen molar-refractivity contribution >= 4 is 11.9 Å². The molecule has 5 rings (SSSR count). The number of rotatable bonds is 3. The van der Waals surface area contributed by atoms with E-state index in [0.717, 1.165) is 29.5 Å². The number of carbonyl (C=O) groups is 2. The number of hydrogen-bond donors (Lipinski definition) is 1. The number of hydrogen-bond acceptors (Lipinski definition) is 4. The lowest BCUT2D eigenvalue weighted by Crippen LogP contribution is -2.46. The zero-order chi connectivity index (χ0) is 19.1. The Morgan fingerprint density at radius 3 is 2.71 bits per heavy atom. The van der Waals surface area contributed by atoms with Crippen molar-refractivity contribution in [2.75, 3.05) is 0 Å². The Hall–Kier alpha value is -3.41. The number of fused-ring (bicyclic) bond motifs is 2. The van der Waals surface area contributed by atoms with Gasteiger partial charge in [-0.05, 0) is 30.4 Å². The minimum Gasteiger partial charge on any atom is -0.356 e. The second-order valence-corrected chi connectivity index (χ2v) is 7.29. The molecule has 1 N–H and O–H groups in total. The molecule has 1 aromatic heterocycles. The lowest BCUT2D eigenvalue weighted by Gasteiger charge is -2.33. The van der Waals surface area contributed by atoms with E-state index in [-0.39, 0.29) is 18.5 Å². The molecule has 1 aliphatic heterocycles. The summed E-state index contributed by atoms with van der Waals surface area (Å²) in [6.07, 6.45) is 2.39. The summed E-state index contributed by atoms with van der Waals surface area (Å²) in [6, 6.07) is 18.9. The summed E-state index contributed by atoms with van der Waals surface area (Å²) in [7, 11) is 0. The van der Waals surface area contributed by atoms with Gasteiger partial charge in [-0.3, -0.25) is 9.69 Å². The lowest BCUT2D eigenvalue weighted by molar-refractivity contribution is -0.132. The first kappa shape index (κ1) is 16.7. The average Bonchev–Trinajstić information content (AvgIpc) is 3.29. The van der Waals surface area contributed by atoms with E-state index in [1.807, 2.05) is 54.6 Å². The third-order valence-electron chi connectivity index (χ3n) is 5.59. The summed E-state index contributed by atoms with van der Waals surface area (Å²) in [5, 5.41) is 7.02. The Balaban J connectivity index is 1.43. The van der Waals surface area contributed by atoms with Gasteiger partial charge < -0.3 is 9.84 Å². The second-order valence-electron chi connectivity index (χ2n) is 7.29. The van der Waals surface area contributed by atoms with Crippen molar-refractivity contribution in [3.8, 4) is 11.3 Å². The maximum atomic E-state index is 13.3. The summed E-state index contributed by atoms with van der Waals surface area (Å²) in [4.78, 5) is 27.3. The van der Waals surface area contributed by atoms with Crippen LogP contribution in [0.15, 0.2) is 65.2 Å². The smallest absolute Gasteiger partial charge is 0.325 e. The lowest BCUT2D eigenvalue weighted by atomic mass is 9.76. The fraction of sp³-hybridized carbons (Fsp3) is 0.227. The molecule has 1 fully saturated rings. The van der Waals surface area contributed by atoms with Crippen LogP contribution >= 0.6 is 0 Å². The fourth-order valence-electron chi connectivity index (χ4n) is 4.24. The Bertz CT molecular complexity index is 1060. The van der Waals surface area contributed by atoms with Crippen LogP contribution in [0.25, 0.3) is 11.3 Å². The van der Waals surface area contributed by atoms with Crippen molar-refractivity contribution in [2.45, 2.75) is 31.3 Å². The Morgan fingerprint density at radius 2 is 1.86 bits per heavy atom. The summed E-state index contributed by atoms with van der Waals surface area (Å²) in [5.74, 6) is 0.397. The molecule has 28 heavy (non-hydrogen) atoms. The maximum absolute atomic E-state index is 13.3.